The molecule has 1 saturated heterocycles. The first-order chi connectivity index (χ1) is 9.74. The van der Waals surface area contributed by atoms with Gasteiger partial charge in [-0.3, -0.25) is 0 Å². The first kappa shape index (κ1) is 13.4. The van der Waals surface area contributed by atoms with Gasteiger partial charge in [0.15, 0.2) is 0 Å². The molecule has 0 aliphatic carbocycles. The zero-order valence-electron chi connectivity index (χ0n) is 12.5. The van der Waals surface area contributed by atoms with Crippen LogP contribution in [0.1, 0.15) is 20.3 Å². The largest absolute Gasteiger partial charge is 0.371 e. The molecule has 0 aromatic heterocycles. The van der Waals surface area contributed by atoms with Crippen molar-refractivity contribution in [3.8, 4) is 0 Å². The molecule has 0 amide bonds. The summed E-state index contributed by atoms with van der Waals surface area (Å²) in [5.41, 5.74) is 1.40. The number of rotatable bonds is 4. The van der Waals surface area contributed by atoms with Gasteiger partial charge in [-0.25, -0.2) is 0 Å². The maximum atomic E-state index is 3.57. The van der Waals surface area contributed by atoms with E-state index in [4.69, 9.17) is 0 Å². The molecule has 2 aromatic rings. The summed E-state index contributed by atoms with van der Waals surface area (Å²) in [5, 5.41) is 6.29. The van der Waals surface area contributed by atoms with Gasteiger partial charge in [-0.2, -0.15) is 0 Å². The summed E-state index contributed by atoms with van der Waals surface area (Å²) < 4.78 is 0. The second-order valence-electron chi connectivity index (χ2n) is 6.16. The van der Waals surface area contributed by atoms with E-state index in [2.05, 4.69) is 66.5 Å². The fourth-order valence-electron chi connectivity index (χ4n) is 3.10. The molecule has 1 aliphatic rings. The topological polar surface area (TPSA) is 15.3 Å². The van der Waals surface area contributed by atoms with Crippen LogP contribution in [0.5, 0.6) is 0 Å². The third-order valence-electron chi connectivity index (χ3n) is 4.21. The molecule has 0 bridgehead atoms. The molecule has 0 saturated carbocycles. The molecule has 2 heteroatoms. The molecule has 2 nitrogen and oxygen atoms in total. The van der Waals surface area contributed by atoms with Gasteiger partial charge in [0, 0.05) is 30.2 Å². The normalized spacial score (nSPS) is 19.1. The van der Waals surface area contributed by atoms with E-state index < -0.39 is 0 Å². The number of fused-ring (bicyclic) bond motifs is 1. The minimum Gasteiger partial charge on any atom is -0.371 e. The van der Waals surface area contributed by atoms with Crippen molar-refractivity contribution in [2.45, 2.75) is 26.3 Å². The third-order valence-corrected chi connectivity index (χ3v) is 4.21. The van der Waals surface area contributed by atoms with Crippen molar-refractivity contribution < 1.29 is 0 Å². The van der Waals surface area contributed by atoms with Crippen molar-refractivity contribution in [1.82, 2.24) is 5.32 Å². The number of nitrogens with one attached hydrogen (secondary N) is 1. The Bertz CT molecular complexity index is 571. The van der Waals surface area contributed by atoms with E-state index in [0.29, 0.717) is 6.04 Å². The molecule has 3 rings (SSSR count). The summed E-state index contributed by atoms with van der Waals surface area (Å²) >= 11 is 0. The van der Waals surface area contributed by atoms with Gasteiger partial charge in [0.2, 0.25) is 0 Å². The zero-order valence-corrected chi connectivity index (χ0v) is 12.5. The molecular weight excluding hydrogens is 244 g/mol. The second kappa shape index (κ2) is 5.84. The van der Waals surface area contributed by atoms with E-state index in [1.807, 2.05) is 0 Å². The second-order valence-corrected chi connectivity index (χ2v) is 6.16. The maximum Gasteiger partial charge on any atom is 0.0445 e. The van der Waals surface area contributed by atoms with Crippen LogP contribution in [0, 0.1) is 5.92 Å². The van der Waals surface area contributed by atoms with Crippen LogP contribution in [0.2, 0.25) is 0 Å². The Hall–Kier alpha value is -1.54. The molecule has 1 N–H and O–H groups in total. The summed E-state index contributed by atoms with van der Waals surface area (Å²) in [4.78, 5) is 2.55. The van der Waals surface area contributed by atoms with Crippen molar-refractivity contribution in [3.63, 3.8) is 0 Å². The molecule has 2 aromatic carbocycles. The smallest absolute Gasteiger partial charge is 0.0445 e. The van der Waals surface area contributed by atoms with Crippen LogP contribution in [-0.4, -0.2) is 25.7 Å². The number of hydrogen-bond acceptors (Lipinski definition) is 2. The van der Waals surface area contributed by atoms with Crippen molar-refractivity contribution in [3.05, 3.63) is 42.5 Å². The van der Waals surface area contributed by atoms with Crippen LogP contribution < -0.4 is 10.2 Å². The number of anilines is 1. The summed E-state index contributed by atoms with van der Waals surface area (Å²) in [5.74, 6) is 0.774. The lowest BCUT2D eigenvalue weighted by atomic mass is 10.1. The Morgan fingerprint density at radius 3 is 2.80 bits per heavy atom. The zero-order chi connectivity index (χ0) is 13.9. The molecule has 0 radical (unpaired) electrons. The van der Waals surface area contributed by atoms with Crippen LogP contribution in [-0.2, 0) is 0 Å². The molecule has 1 heterocycles. The number of nitrogens with zero attached hydrogens (tertiary/aromatic N) is 1. The Balaban J connectivity index is 1.76. The molecule has 0 spiro atoms. The van der Waals surface area contributed by atoms with Gasteiger partial charge >= 0.3 is 0 Å². The molecule has 20 heavy (non-hydrogen) atoms. The highest BCUT2D eigenvalue weighted by Gasteiger charge is 2.23. The molecule has 1 aliphatic heterocycles. The standard InChI is InChI=1S/C18H24N2/c1-14(2)19-12-15-10-11-20(13-15)18-9-5-7-16-6-3-4-8-17(16)18/h3-9,14-15,19H,10-13H2,1-2H3. The fraction of sp³-hybridized carbons (Fsp3) is 0.444. The molecule has 1 fully saturated rings. The monoisotopic (exact) mass is 268 g/mol. The highest BCUT2D eigenvalue weighted by Crippen LogP contribution is 2.30. The fourth-order valence-corrected chi connectivity index (χ4v) is 3.10. The lowest BCUT2D eigenvalue weighted by molar-refractivity contribution is 0.480. The first-order valence-corrected chi connectivity index (χ1v) is 7.70. The Morgan fingerprint density at radius 2 is 1.95 bits per heavy atom. The SMILES string of the molecule is CC(C)NCC1CCN(c2cccc3ccccc23)C1. The van der Waals surface area contributed by atoms with E-state index in [0.717, 1.165) is 12.5 Å². The van der Waals surface area contributed by atoms with Gasteiger partial charge < -0.3 is 10.2 Å². The average Bonchev–Trinajstić information content (AvgIpc) is 2.93. The Kier molecular flexibility index (Phi) is 3.93. The van der Waals surface area contributed by atoms with E-state index >= 15 is 0 Å². The van der Waals surface area contributed by atoms with Gasteiger partial charge in [0.25, 0.3) is 0 Å². The lowest BCUT2D eigenvalue weighted by Crippen LogP contribution is -2.30. The first-order valence-electron chi connectivity index (χ1n) is 7.70. The van der Waals surface area contributed by atoms with E-state index in [1.54, 1.807) is 0 Å². The van der Waals surface area contributed by atoms with Gasteiger partial charge in [-0.1, -0.05) is 50.2 Å². The van der Waals surface area contributed by atoms with Gasteiger partial charge in [0.1, 0.15) is 0 Å². The highest BCUT2D eigenvalue weighted by atomic mass is 15.2. The van der Waals surface area contributed by atoms with Crippen LogP contribution >= 0.6 is 0 Å². The molecular formula is C18H24N2. The predicted molar refractivity (Wildman–Crippen MR) is 87.4 cm³/mol. The predicted octanol–water partition coefficient (Wildman–Crippen LogP) is 3.66. The van der Waals surface area contributed by atoms with Crippen LogP contribution in [0.4, 0.5) is 5.69 Å². The van der Waals surface area contributed by atoms with Gasteiger partial charge in [-0.15, -0.1) is 0 Å². The van der Waals surface area contributed by atoms with Crippen molar-refractivity contribution >= 4 is 16.5 Å². The summed E-state index contributed by atoms with van der Waals surface area (Å²) in [6.07, 6.45) is 1.29. The highest BCUT2D eigenvalue weighted by molar-refractivity contribution is 5.94. The maximum absolute atomic E-state index is 3.57. The molecule has 1 unspecified atom stereocenters. The van der Waals surface area contributed by atoms with Crippen LogP contribution in [0.25, 0.3) is 10.8 Å². The average molecular weight is 268 g/mol. The molecule has 106 valence electrons. The molecule has 1 atom stereocenters. The quantitative estimate of drug-likeness (QED) is 0.910. The van der Waals surface area contributed by atoms with Crippen molar-refractivity contribution in [1.29, 1.82) is 0 Å². The van der Waals surface area contributed by atoms with Gasteiger partial charge in [0.05, 0.1) is 0 Å². The van der Waals surface area contributed by atoms with E-state index in [9.17, 15) is 0 Å². The minimum absolute atomic E-state index is 0.585. The van der Waals surface area contributed by atoms with Gasteiger partial charge in [-0.05, 0) is 30.3 Å². The number of benzene rings is 2. The Morgan fingerprint density at radius 1 is 1.15 bits per heavy atom. The van der Waals surface area contributed by atoms with Crippen LogP contribution in [0.3, 0.4) is 0 Å². The summed E-state index contributed by atoms with van der Waals surface area (Å²) in [7, 11) is 0. The summed E-state index contributed by atoms with van der Waals surface area (Å²) in [6.45, 7) is 7.93. The van der Waals surface area contributed by atoms with Crippen molar-refractivity contribution in [2.75, 3.05) is 24.5 Å². The Labute approximate surface area is 121 Å². The van der Waals surface area contributed by atoms with Crippen molar-refractivity contribution in [2.24, 2.45) is 5.92 Å². The van der Waals surface area contributed by atoms with Crippen LogP contribution in [0.15, 0.2) is 42.5 Å². The minimum atomic E-state index is 0.585. The number of hydrogen-bond donors (Lipinski definition) is 1. The van der Waals surface area contributed by atoms with E-state index in [1.165, 1.54) is 36.0 Å². The third kappa shape index (κ3) is 2.80. The van der Waals surface area contributed by atoms with E-state index in [-0.39, 0.29) is 0 Å². The lowest BCUT2D eigenvalue weighted by Gasteiger charge is -2.21. The summed E-state index contributed by atoms with van der Waals surface area (Å²) in [6, 6.07) is 15.9.